The molecule has 0 bridgehead atoms. The molecule has 9 heteroatoms. The third kappa shape index (κ3) is 1.82. The number of rotatable bonds is 3. The van der Waals surface area contributed by atoms with Crippen LogP contribution in [0.15, 0.2) is 12.5 Å². The van der Waals surface area contributed by atoms with Gasteiger partial charge in [-0.25, -0.2) is 14.4 Å². The molecule has 0 aliphatic carbocycles. The van der Waals surface area contributed by atoms with Crippen LogP contribution in [0, 0.1) is 0 Å². The first-order chi connectivity index (χ1) is 9.59. The first-order valence-corrected chi connectivity index (χ1v) is 6.07. The van der Waals surface area contributed by atoms with Crippen molar-refractivity contribution in [2.45, 2.75) is 24.4 Å². The van der Waals surface area contributed by atoms with Crippen LogP contribution in [0.2, 0.25) is 0 Å². The van der Waals surface area contributed by atoms with Gasteiger partial charge in [0.1, 0.15) is 24.0 Å². The van der Waals surface area contributed by atoms with Gasteiger partial charge in [0.15, 0.2) is 5.65 Å². The number of imidazole rings is 1. The minimum Gasteiger partial charge on any atom is -0.393 e. The van der Waals surface area contributed by atoms with Crippen LogP contribution in [-0.4, -0.2) is 54.7 Å². The van der Waals surface area contributed by atoms with E-state index in [0.29, 0.717) is 11.2 Å². The van der Waals surface area contributed by atoms with Crippen molar-refractivity contribution >= 4 is 17.1 Å². The molecule has 2 aromatic heterocycles. The lowest BCUT2D eigenvalue weighted by Crippen LogP contribution is -2.45. The Kier molecular flexibility index (Phi) is 3.04. The number of anilines is 1. The van der Waals surface area contributed by atoms with Crippen molar-refractivity contribution in [2.24, 2.45) is 0 Å². The molecule has 1 saturated heterocycles. The highest BCUT2D eigenvalue weighted by Gasteiger charge is 2.49. The second-order valence-electron chi connectivity index (χ2n) is 4.77. The number of aliphatic hydroxyl groups excluding tert-OH is 2. The van der Waals surface area contributed by atoms with Crippen molar-refractivity contribution in [3.05, 3.63) is 12.5 Å². The maximum atomic E-state index is 13.1. The normalized spacial score (nSPS) is 30.1. The van der Waals surface area contributed by atoms with E-state index >= 15 is 0 Å². The van der Waals surface area contributed by atoms with E-state index in [9.17, 15) is 14.6 Å². The summed E-state index contributed by atoms with van der Waals surface area (Å²) in [5, 5.41) is 19.2. The van der Waals surface area contributed by atoms with Crippen LogP contribution in [0.4, 0.5) is 10.3 Å². The molecule has 20 heavy (non-hydrogen) atoms. The number of halogens is 1. The van der Waals surface area contributed by atoms with Gasteiger partial charge in [0, 0.05) is 6.42 Å². The number of nitrogens with zero attached hydrogens (tertiary/aromatic N) is 4. The average molecular weight is 283 g/mol. The molecule has 1 fully saturated rings. The molecule has 0 aromatic carbocycles. The van der Waals surface area contributed by atoms with Crippen LogP contribution in [0.25, 0.3) is 11.2 Å². The number of fused-ring (bicyclic) bond motifs is 1. The summed E-state index contributed by atoms with van der Waals surface area (Å²) in [5.41, 5.74) is 4.88. The van der Waals surface area contributed by atoms with Crippen LogP contribution in [-0.2, 0) is 4.74 Å². The smallest absolute Gasteiger partial charge is 0.222 e. The number of ether oxygens (including phenoxy) is 1. The molecule has 3 rings (SSSR count). The first kappa shape index (κ1) is 13.2. The molecule has 4 N–H and O–H groups in total. The van der Waals surface area contributed by atoms with E-state index in [0.717, 1.165) is 0 Å². The van der Waals surface area contributed by atoms with Gasteiger partial charge in [-0.2, -0.15) is 4.98 Å². The zero-order valence-corrected chi connectivity index (χ0v) is 10.5. The summed E-state index contributed by atoms with van der Waals surface area (Å²) in [6, 6.07) is 0. The van der Waals surface area contributed by atoms with Crippen LogP contribution >= 0.6 is 0 Å². The topological polar surface area (TPSA) is 119 Å². The number of hydrogen-bond acceptors (Lipinski definition) is 7. The fourth-order valence-corrected chi connectivity index (χ4v) is 2.33. The molecule has 2 aromatic rings. The number of alkyl halides is 1. The van der Waals surface area contributed by atoms with E-state index in [2.05, 4.69) is 15.0 Å². The van der Waals surface area contributed by atoms with Gasteiger partial charge in [0.2, 0.25) is 5.95 Å². The van der Waals surface area contributed by atoms with Crippen molar-refractivity contribution in [2.75, 3.05) is 19.0 Å². The second kappa shape index (κ2) is 4.62. The monoisotopic (exact) mass is 283 g/mol. The third-order valence-corrected chi connectivity index (χ3v) is 3.54. The number of nitrogen functional groups attached to an aromatic ring is 1. The highest BCUT2D eigenvalue weighted by Crippen LogP contribution is 2.38. The standard InChI is InChI=1S/C11H14FN5O3/c12-3-11(4-18)7(19)1-8(20-11)17-5-15-6-2-14-10(13)16-9(6)17/h2,5,7-8,18-19H,1,3-4H2,(H2,13,14,16)/t7-,8+,11+/m0/s1. The number of nitrogens with two attached hydrogens (primary N) is 1. The third-order valence-electron chi connectivity index (χ3n) is 3.54. The summed E-state index contributed by atoms with van der Waals surface area (Å²) in [6.07, 6.45) is 1.27. The van der Waals surface area contributed by atoms with Gasteiger partial charge in [-0.1, -0.05) is 0 Å². The van der Waals surface area contributed by atoms with E-state index in [1.165, 1.54) is 12.5 Å². The fourth-order valence-electron chi connectivity index (χ4n) is 2.33. The molecule has 0 spiro atoms. The Labute approximate surface area is 113 Å². The predicted octanol–water partition coefficient (Wildman–Crippen LogP) is -0.611. The lowest BCUT2D eigenvalue weighted by atomic mass is 10.00. The zero-order chi connectivity index (χ0) is 14.3. The van der Waals surface area contributed by atoms with Crippen molar-refractivity contribution in [3.63, 3.8) is 0 Å². The minimum atomic E-state index is -1.60. The van der Waals surface area contributed by atoms with Gasteiger partial charge in [-0.15, -0.1) is 0 Å². The van der Waals surface area contributed by atoms with Gasteiger partial charge in [0.05, 0.1) is 25.2 Å². The Bertz CT molecular complexity index is 630. The van der Waals surface area contributed by atoms with E-state index in [4.69, 9.17) is 10.5 Å². The molecule has 0 unspecified atom stereocenters. The maximum absolute atomic E-state index is 13.1. The van der Waals surface area contributed by atoms with Gasteiger partial charge < -0.3 is 20.7 Å². The molecule has 0 radical (unpaired) electrons. The van der Waals surface area contributed by atoms with Gasteiger partial charge in [-0.3, -0.25) is 4.57 Å². The van der Waals surface area contributed by atoms with Crippen molar-refractivity contribution in [3.8, 4) is 0 Å². The molecule has 1 aliphatic heterocycles. The zero-order valence-electron chi connectivity index (χ0n) is 10.5. The van der Waals surface area contributed by atoms with Gasteiger partial charge in [0.25, 0.3) is 0 Å². The molecule has 0 saturated carbocycles. The molecule has 8 nitrogen and oxygen atoms in total. The van der Waals surface area contributed by atoms with Crippen LogP contribution in [0.3, 0.4) is 0 Å². The predicted molar refractivity (Wildman–Crippen MR) is 66.3 cm³/mol. The SMILES string of the molecule is Nc1ncc2ncn([C@H]3C[C@H](O)[C@](CO)(CF)O3)c2n1. The van der Waals surface area contributed by atoms with Crippen LogP contribution in [0.1, 0.15) is 12.6 Å². The van der Waals surface area contributed by atoms with Crippen molar-refractivity contribution in [1.82, 2.24) is 19.5 Å². The fraction of sp³-hybridized carbons (Fsp3) is 0.545. The molecule has 3 heterocycles. The van der Waals surface area contributed by atoms with Crippen LogP contribution in [0.5, 0.6) is 0 Å². The summed E-state index contributed by atoms with van der Waals surface area (Å²) >= 11 is 0. The van der Waals surface area contributed by atoms with Gasteiger partial charge >= 0.3 is 0 Å². The summed E-state index contributed by atoms with van der Waals surface area (Å²) < 4.78 is 20.1. The van der Waals surface area contributed by atoms with Crippen molar-refractivity contribution < 1.29 is 19.3 Å². The summed E-state index contributed by atoms with van der Waals surface area (Å²) in [5.74, 6) is 0.0803. The lowest BCUT2D eigenvalue weighted by molar-refractivity contribution is -0.136. The Morgan fingerprint density at radius 3 is 3.00 bits per heavy atom. The number of aliphatic hydroxyl groups is 2. The number of aromatic nitrogens is 4. The summed E-state index contributed by atoms with van der Waals surface area (Å²) in [6.45, 7) is -1.59. The molecular weight excluding hydrogens is 269 g/mol. The highest BCUT2D eigenvalue weighted by atomic mass is 19.1. The van der Waals surface area contributed by atoms with E-state index in [1.807, 2.05) is 0 Å². The Morgan fingerprint density at radius 1 is 1.55 bits per heavy atom. The van der Waals surface area contributed by atoms with Crippen LogP contribution < -0.4 is 5.73 Å². The first-order valence-electron chi connectivity index (χ1n) is 6.07. The largest absolute Gasteiger partial charge is 0.393 e. The summed E-state index contributed by atoms with van der Waals surface area (Å²) in [7, 11) is 0. The molecule has 108 valence electrons. The Hall–Kier alpha value is -1.84. The molecular formula is C11H14FN5O3. The van der Waals surface area contributed by atoms with E-state index in [-0.39, 0.29) is 12.4 Å². The highest BCUT2D eigenvalue weighted by molar-refractivity contribution is 5.70. The second-order valence-corrected chi connectivity index (χ2v) is 4.77. The molecule has 0 amide bonds. The molecule has 3 atom stereocenters. The van der Waals surface area contributed by atoms with E-state index in [1.54, 1.807) is 4.57 Å². The Balaban J connectivity index is 1.99. The quantitative estimate of drug-likeness (QED) is 0.687. The Morgan fingerprint density at radius 2 is 2.35 bits per heavy atom. The summed E-state index contributed by atoms with van der Waals surface area (Å²) in [4.78, 5) is 12.0. The van der Waals surface area contributed by atoms with Gasteiger partial charge in [-0.05, 0) is 0 Å². The minimum absolute atomic E-state index is 0.0803. The molecule has 1 aliphatic rings. The van der Waals surface area contributed by atoms with Crippen molar-refractivity contribution in [1.29, 1.82) is 0 Å². The number of hydrogen-bond donors (Lipinski definition) is 3. The van der Waals surface area contributed by atoms with E-state index < -0.39 is 31.2 Å². The lowest BCUT2D eigenvalue weighted by Gasteiger charge is -2.26. The average Bonchev–Trinajstić information content (AvgIpc) is 2.99. The maximum Gasteiger partial charge on any atom is 0.222 e.